The predicted octanol–water partition coefficient (Wildman–Crippen LogP) is 2.80. The molecule has 29 heavy (non-hydrogen) atoms. The number of rotatable bonds is 7. The molecule has 0 spiro atoms. The first kappa shape index (κ1) is 21.5. The third-order valence-electron chi connectivity index (χ3n) is 4.65. The van der Waals surface area contributed by atoms with Crippen LogP contribution in [0.15, 0.2) is 35.4 Å². The van der Waals surface area contributed by atoms with Gasteiger partial charge in [0.25, 0.3) is 0 Å². The quantitative estimate of drug-likeness (QED) is 0.501. The molecule has 0 radical (unpaired) electrons. The van der Waals surface area contributed by atoms with Crippen molar-refractivity contribution in [2.75, 3.05) is 5.32 Å². The lowest BCUT2D eigenvalue weighted by molar-refractivity contribution is -0.140. The highest BCUT2D eigenvalue weighted by Gasteiger charge is 2.37. The lowest BCUT2D eigenvalue weighted by Gasteiger charge is -2.20. The smallest absolute Gasteiger partial charge is 0.423 e. The fraction of sp³-hybridized carbons (Fsp3) is 0.444. The van der Waals surface area contributed by atoms with E-state index in [0.717, 1.165) is 12.8 Å². The van der Waals surface area contributed by atoms with Gasteiger partial charge in [-0.1, -0.05) is 0 Å². The Morgan fingerprint density at radius 3 is 2.41 bits per heavy atom. The van der Waals surface area contributed by atoms with Crippen molar-refractivity contribution < 1.29 is 27.2 Å². The Kier molecular flexibility index (Phi) is 5.84. The average Bonchev–Trinajstić information content (AvgIpc) is 3.47. The molecule has 2 atom stereocenters. The summed E-state index contributed by atoms with van der Waals surface area (Å²) in [4.78, 5) is 8.06. The number of halogens is 3. The van der Waals surface area contributed by atoms with Crippen molar-refractivity contribution in [2.24, 2.45) is 5.14 Å². The van der Waals surface area contributed by atoms with E-state index >= 15 is 0 Å². The zero-order valence-electron chi connectivity index (χ0n) is 15.8. The van der Waals surface area contributed by atoms with Crippen molar-refractivity contribution in [1.29, 1.82) is 0 Å². The van der Waals surface area contributed by atoms with Crippen LogP contribution in [-0.2, 0) is 16.3 Å². The van der Waals surface area contributed by atoms with E-state index in [1.165, 1.54) is 13.8 Å². The number of nitrogens with two attached hydrogens (primary N) is 1. The highest BCUT2D eigenvalue weighted by molar-refractivity contribution is 8.01. The van der Waals surface area contributed by atoms with Gasteiger partial charge >= 0.3 is 6.18 Å². The second-order valence-corrected chi connectivity index (χ2v) is 9.75. The number of aliphatic hydroxyl groups excluding tert-OH is 1. The summed E-state index contributed by atoms with van der Waals surface area (Å²) in [6.07, 6.45) is -4.29. The fourth-order valence-electron chi connectivity index (χ4n) is 2.56. The molecule has 1 aliphatic carbocycles. The van der Waals surface area contributed by atoms with Crippen LogP contribution in [0.5, 0.6) is 5.88 Å². The first-order valence-electron chi connectivity index (χ1n) is 9.03. The Hall–Kier alpha value is -2.24. The minimum Gasteiger partial charge on any atom is -0.471 e. The Morgan fingerprint density at radius 2 is 1.90 bits per heavy atom. The Bertz CT molecular complexity index is 918. The number of alkyl halides is 3. The molecule has 160 valence electrons. The van der Waals surface area contributed by atoms with Gasteiger partial charge in [-0.05, 0) is 61.1 Å². The number of thiol groups is 1. The van der Waals surface area contributed by atoms with Gasteiger partial charge in [-0.15, -0.1) is 0 Å². The van der Waals surface area contributed by atoms with Crippen LogP contribution in [0.1, 0.15) is 32.3 Å². The van der Waals surface area contributed by atoms with Gasteiger partial charge in [0.1, 0.15) is 11.7 Å². The number of benzene rings is 1. The molecule has 1 aromatic heterocycles. The Morgan fingerprint density at radius 1 is 1.28 bits per heavy atom. The molecule has 0 saturated heterocycles. The molecule has 0 amide bonds. The number of ether oxygens (including phenoxy) is 1. The van der Waals surface area contributed by atoms with E-state index in [0.29, 0.717) is 16.8 Å². The zero-order chi connectivity index (χ0) is 21.4. The van der Waals surface area contributed by atoms with Gasteiger partial charge in [-0.25, -0.2) is 4.98 Å². The number of anilines is 2. The maximum absolute atomic E-state index is 13.2. The largest absolute Gasteiger partial charge is 0.471 e. The van der Waals surface area contributed by atoms with Crippen molar-refractivity contribution in [3.05, 3.63) is 36.0 Å². The molecule has 7 nitrogen and oxygen atoms in total. The van der Waals surface area contributed by atoms with Crippen LogP contribution in [0, 0.1) is 0 Å². The molecule has 0 bridgehead atoms. The highest BCUT2D eigenvalue weighted by Crippen LogP contribution is 2.37. The monoisotopic (exact) mass is 432 g/mol. The molecule has 0 aliphatic heterocycles. The van der Waals surface area contributed by atoms with E-state index in [2.05, 4.69) is 15.3 Å². The van der Waals surface area contributed by atoms with Crippen molar-refractivity contribution in [3.63, 3.8) is 0 Å². The Labute approximate surface area is 167 Å². The molecule has 2 aromatic rings. The van der Waals surface area contributed by atoms with Crippen LogP contribution in [0.3, 0.4) is 0 Å². The fourth-order valence-corrected chi connectivity index (χ4v) is 4.51. The second-order valence-electron chi connectivity index (χ2n) is 7.09. The summed E-state index contributed by atoms with van der Waals surface area (Å²) >= 11 is 0. The maximum atomic E-state index is 13.2. The van der Waals surface area contributed by atoms with Gasteiger partial charge in [-0.3, -0.25) is 9.35 Å². The van der Waals surface area contributed by atoms with Crippen LogP contribution < -0.4 is 15.2 Å². The molecular weight excluding hydrogens is 409 g/mol. The van der Waals surface area contributed by atoms with E-state index < -0.39 is 39.9 Å². The van der Waals surface area contributed by atoms with Gasteiger partial charge in [0, 0.05) is 22.0 Å². The summed E-state index contributed by atoms with van der Waals surface area (Å²) in [5, 5.41) is 18.3. The minimum atomic E-state index is -4.71. The van der Waals surface area contributed by atoms with Crippen molar-refractivity contribution in [2.45, 2.75) is 55.2 Å². The number of nitrogens with one attached hydrogen (secondary N) is 1. The SMILES string of the molecule is C[C@H](O)[C@H](C)Oc1nc(Nc2ccc([SH](N)(=O)C3CC3)cc2)ncc1C(F)(F)F. The summed E-state index contributed by atoms with van der Waals surface area (Å²) in [5.74, 6) is -0.795. The third kappa shape index (κ3) is 5.03. The molecule has 1 heterocycles. The zero-order valence-corrected chi connectivity index (χ0v) is 16.7. The minimum absolute atomic E-state index is 0.0233. The molecule has 1 aromatic carbocycles. The molecule has 11 heteroatoms. The molecule has 1 fully saturated rings. The van der Waals surface area contributed by atoms with Crippen LogP contribution in [0.25, 0.3) is 0 Å². The van der Waals surface area contributed by atoms with E-state index in [1.54, 1.807) is 24.3 Å². The molecule has 1 aliphatic rings. The van der Waals surface area contributed by atoms with Crippen molar-refractivity contribution >= 4 is 21.8 Å². The predicted molar refractivity (Wildman–Crippen MR) is 104 cm³/mol. The molecule has 4 N–H and O–H groups in total. The van der Waals surface area contributed by atoms with E-state index in [1.807, 2.05) is 0 Å². The van der Waals surface area contributed by atoms with E-state index in [4.69, 9.17) is 9.88 Å². The highest BCUT2D eigenvalue weighted by atomic mass is 32.3. The van der Waals surface area contributed by atoms with Gasteiger partial charge in [0.15, 0.2) is 0 Å². The van der Waals surface area contributed by atoms with Gasteiger partial charge in [-0.2, -0.15) is 18.2 Å². The number of hydrogen-bond acceptors (Lipinski definition) is 6. The molecule has 1 saturated carbocycles. The van der Waals surface area contributed by atoms with Gasteiger partial charge < -0.3 is 15.2 Å². The number of aromatic nitrogens is 2. The normalized spacial score (nSPS) is 17.5. The summed E-state index contributed by atoms with van der Waals surface area (Å²) < 4.78 is 57.4. The molecule has 3 rings (SSSR count). The van der Waals surface area contributed by atoms with Gasteiger partial charge in [0.2, 0.25) is 11.8 Å². The number of aliphatic hydroxyl groups is 1. The van der Waals surface area contributed by atoms with E-state index in [-0.39, 0.29) is 11.2 Å². The summed E-state index contributed by atoms with van der Waals surface area (Å²) in [6.45, 7) is 2.83. The molecular formula is C18H23F3N4O3S. The van der Waals surface area contributed by atoms with Crippen molar-refractivity contribution in [1.82, 2.24) is 9.97 Å². The van der Waals surface area contributed by atoms with Crippen LogP contribution in [0.2, 0.25) is 0 Å². The van der Waals surface area contributed by atoms with Crippen molar-refractivity contribution in [3.8, 4) is 5.88 Å². The van der Waals surface area contributed by atoms with E-state index in [9.17, 15) is 22.5 Å². The average molecular weight is 432 g/mol. The second kappa shape index (κ2) is 7.88. The lowest BCUT2D eigenvalue weighted by Crippen LogP contribution is -2.28. The standard InChI is InChI=1S/C18H23F3N4O3S/c1-10(26)11(2)28-16-15(18(19,20)21)9-23-17(25-16)24-12-3-5-13(6-4-12)29(22,27)14-7-8-14/h3-6,9-11,14,26,29H,7-8H2,1-2H3,(H2,22,27)(H,23,24,25)/t10-,11-/m0/s1. The summed E-state index contributed by atoms with van der Waals surface area (Å²) in [7, 11) is -2.89. The molecule has 0 unspecified atom stereocenters. The van der Waals surface area contributed by atoms with Crippen LogP contribution in [0.4, 0.5) is 24.8 Å². The summed E-state index contributed by atoms with van der Waals surface area (Å²) in [6, 6.07) is 6.46. The Balaban J connectivity index is 1.82. The van der Waals surface area contributed by atoms with Crippen LogP contribution in [-0.4, -0.2) is 36.7 Å². The lowest BCUT2D eigenvalue weighted by atomic mass is 10.2. The first-order valence-corrected chi connectivity index (χ1v) is 10.9. The van der Waals surface area contributed by atoms with Crippen LogP contribution >= 0.6 is 0 Å². The number of nitrogens with zero attached hydrogens (tertiary/aromatic N) is 2. The summed E-state index contributed by atoms with van der Waals surface area (Å²) in [5.41, 5.74) is -0.654. The first-order chi connectivity index (χ1) is 13.5. The third-order valence-corrected chi connectivity index (χ3v) is 7.36. The number of hydrogen-bond donors (Lipinski definition) is 4. The maximum Gasteiger partial charge on any atom is 0.423 e. The topological polar surface area (TPSA) is 110 Å². The van der Waals surface area contributed by atoms with Gasteiger partial charge in [0.05, 0.1) is 6.10 Å².